The third kappa shape index (κ3) is 4.07. The lowest BCUT2D eigenvalue weighted by molar-refractivity contribution is -0.141. The lowest BCUT2D eigenvalue weighted by atomic mass is 10.00. The van der Waals surface area contributed by atoms with E-state index in [1.807, 2.05) is 6.92 Å². The van der Waals surface area contributed by atoms with Gasteiger partial charge in [-0.1, -0.05) is 6.07 Å². The van der Waals surface area contributed by atoms with Crippen molar-refractivity contribution in [3.63, 3.8) is 0 Å². The summed E-state index contributed by atoms with van der Waals surface area (Å²) in [5.74, 6) is -1.67. The number of hydrogen-bond donors (Lipinski definition) is 2. The molecule has 162 valence electrons. The number of anilines is 2. The van der Waals surface area contributed by atoms with E-state index in [4.69, 9.17) is 5.73 Å². The zero-order valence-corrected chi connectivity index (χ0v) is 16.5. The summed E-state index contributed by atoms with van der Waals surface area (Å²) in [6, 6.07) is 8.59. The third-order valence-corrected chi connectivity index (χ3v) is 4.81. The van der Waals surface area contributed by atoms with Crippen molar-refractivity contribution < 1.29 is 22.4 Å². The normalized spacial score (nSPS) is 11.5. The first-order valence-electron chi connectivity index (χ1n) is 9.29. The van der Waals surface area contributed by atoms with E-state index in [9.17, 15) is 22.4 Å². The lowest BCUT2D eigenvalue weighted by Crippen LogP contribution is -2.15. The molecule has 0 bridgehead atoms. The number of nitrogens with two attached hydrogens (primary N) is 1. The Morgan fingerprint density at radius 3 is 2.56 bits per heavy atom. The van der Waals surface area contributed by atoms with Crippen molar-refractivity contribution in [3.05, 3.63) is 77.6 Å². The highest BCUT2D eigenvalue weighted by atomic mass is 19.4. The molecule has 0 saturated heterocycles. The van der Waals surface area contributed by atoms with Gasteiger partial charge in [0.05, 0.1) is 0 Å². The molecule has 0 saturated carbocycles. The number of pyridine rings is 3. The maximum Gasteiger partial charge on any atom is 0.433 e. The number of amides is 1. The second kappa shape index (κ2) is 7.88. The molecule has 4 aromatic rings. The zero-order chi connectivity index (χ0) is 23.0. The average Bonchev–Trinajstić information content (AvgIpc) is 2.77. The van der Waals surface area contributed by atoms with Crippen molar-refractivity contribution in [3.8, 4) is 11.1 Å². The lowest BCUT2D eigenvalue weighted by Gasteiger charge is -2.12. The highest BCUT2D eigenvalue weighted by Crippen LogP contribution is 2.30. The zero-order valence-electron chi connectivity index (χ0n) is 16.5. The smallest absolute Gasteiger partial charge is 0.381 e. The number of hydrogen-bond acceptors (Lipinski definition) is 5. The molecule has 3 N–H and O–H groups in total. The second-order valence-electron chi connectivity index (χ2n) is 7.03. The van der Waals surface area contributed by atoms with Crippen LogP contribution in [0.4, 0.5) is 29.1 Å². The summed E-state index contributed by atoms with van der Waals surface area (Å²) in [6.45, 7) is 1.84. The number of nitrogen functional groups attached to an aromatic ring is 1. The highest BCUT2D eigenvalue weighted by Gasteiger charge is 2.33. The molecule has 3 aromatic heterocycles. The fourth-order valence-corrected chi connectivity index (χ4v) is 3.17. The number of alkyl halides is 3. The molecule has 1 amide bonds. The van der Waals surface area contributed by atoms with Crippen LogP contribution in [0.2, 0.25) is 0 Å². The Labute approximate surface area is 179 Å². The summed E-state index contributed by atoms with van der Waals surface area (Å²) in [5.41, 5.74) is 6.77. The molecule has 0 atom stereocenters. The van der Waals surface area contributed by atoms with Crippen molar-refractivity contribution >= 4 is 28.3 Å². The molecule has 32 heavy (non-hydrogen) atoms. The Morgan fingerprint density at radius 2 is 1.81 bits per heavy atom. The molecule has 3 heterocycles. The van der Waals surface area contributed by atoms with Gasteiger partial charge in [-0.25, -0.2) is 9.37 Å². The van der Waals surface area contributed by atoms with Crippen LogP contribution in [0.3, 0.4) is 0 Å². The molecule has 4 rings (SSSR count). The quantitative estimate of drug-likeness (QED) is 0.437. The second-order valence-corrected chi connectivity index (χ2v) is 7.03. The number of halogens is 4. The molecule has 0 aliphatic rings. The van der Waals surface area contributed by atoms with Crippen LogP contribution in [0.15, 0.2) is 55.0 Å². The van der Waals surface area contributed by atoms with Crippen molar-refractivity contribution in [1.82, 2.24) is 15.0 Å². The number of nitrogens with one attached hydrogen (secondary N) is 1. The number of aromatic nitrogens is 3. The molecule has 10 heteroatoms. The molecule has 0 fully saturated rings. The highest BCUT2D eigenvalue weighted by molar-refractivity contribution is 6.04. The first kappa shape index (κ1) is 21.2. The molecule has 0 aliphatic heterocycles. The summed E-state index contributed by atoms with van der Waals surface area (Å²) >= 11 is 0. The Bertz CT molecular complexity index is 1350. The third-order valence-electron chi connectivity index (χ3n) is 4.81. The van der Waals surface area contributed by atoms with E-state index in [0.717, 1.165) is 11.8 Å². The van der Waals surface area contributed by atoms with Crippen LogP contribution in [-0.4, -0.2) is 20.9 Å². The van der Waals surface area contributed by atoms with Crippen LogP contribution in [-0.2, 0) is 6.18 Å². The largest absolute Gasteiger partial charge is 0.433 e. The van der Waals surface area contributed by atoms with Gasteiger partial charge in [0.15, 0.2) is 11.6 Å². The Morgan fingerprint density at radius 1 is 1.03 bits per heavy atom. The van der Waals surface area contributed by atoms with E-state index in [1.165, 1.54) is 18.5 Å². The number of carbonyl (C=O) groups excluding carboxylic acids is 1. The first-order chi connectivity index (χ1) is 15.1. The summed E-state index contributed by atoms with van der Waals surface area (Å²) in [6.07, 6.45) is -0.849. The Kier molecular flexibility index (Phi) is 5.21. The molecule has 0 aliphatic carbocycles. The minimum atomic E-state index is -4.66. The van der Waals surface area contributed by atoms with E-state index in [-0.39, 0.29) is 16.9 Å². The van der Waals surface area contributed by atoms with Crippen LogP contribution in [0.1, 0.15) is 21.6 Å². The summed E-state index contributed by atoms with van der Waals surface area (Å²) in [5, 5.41) is 3.03. The number of rotatable bonds is 3. The van der Waals surface area contributed by atoms with Gasteiger partial charge >= 0.3 is 6.18 Å². The summed E-state index contributed by atoms with van der Waals surface area (Å²) in [7, 11) is 0. The van der Waals surface area contributed by atoms with E-state index < -0.39 is 23.6 Å². The minimum Gasteiger partial charge on any atom is -0.381 e. The fourth-order valence-electron chi connectivity index (χ4n) is 3.17. The summed E-state index contributed by atoms with van der Waals surface area (Å²) in [4.78, 5) is 23.7. The molecule has 1 aromatic carbocycles. The Hall–Kier alpha value is -4.08. The van der Waals surface area contributed by atoms with Crippen LogP contribution in [0, 0.1) is 12.7 Å². The molecule has 0 spiro atoms. The first-order valence-corrected chi connectivity index (χ1v) is 9.29. The number of aryl methyl sites for hydroxylation is 1. The van der Waals surface area contributed by atoms with Gasteiger partial charge in [-0.2, -0.15) is 13.2 Å². The van der Waals surface area contributed by atoms with Crippen molar-refractivity contribution in [2.24, 2.45) is 0 Å². The van der Waals surface area contributed by atoms with Gasteiger partial charge in [0.1, 0.15) is 11.2 Å². The maximum absolute atomic E-state index is 14.1. The number of benzene rings is 1. The van der Waals surface area contributed by atoms with E-state index >= 15 is 0 Å². The minimum absolute atomic E-state index is 0.0847. The molecule has 6 nitrogen and oxygen atoms in total. The Balaban J connectivity index is 1.66. The molecular weight excluding hydrogens is 426 g/mol. The average molecular weight is 441 g/mol. The predicted molar refractivity (Wildman–Crippen MR) is 111 cm³/mol. The van der Waals surface area contributed by atoms with Gasteiger partial charge in [-0.15, -0.1) is 0 Å². The van der Waals surface area contributed by atoms with Gasteiger partial charge in [0.25, 0.3) is 5.91 Å². The monoisotopic (exact) mass is 441 g/mol. The van der Waals surface area contributed by atoms with Crippen molar-refractivity contribution in [1.29, 1.82) is 0 Å². The van der Waals surface area contributed by atoms with Gasteiger partial charge in [0.2, 0.25) is 0 Å². The van der Waals surface area contributed by atoms with Crippen LogP contribution >= 0.6 is 0 Å². The van der Waals surface area contributed by atoms with Crippen molar-refractivity contribution in [2.45, 2.75) is 13.1 Å². The van der Waals surface area contributed by atoms with E-state index in [1.54, 1.807) is 24.3 Å². The fraction of sp³-hybridized carbons (Fsp3) is 0.0909. The van der Waals surface area contributed by atoms with Crippen LogP contribution in [0.5, 0.6) is 0 Å². The van der Waals surface area contributed by atoms with Gasteiger partial charge in [0, 0.05) is 40.8 Å². The number of carbonyl (C=O) groups is 1. The van der Waals surface area contributed by atoms with Gasteiger partial charge in [-0.05, 0) is 48.4 Å². The number of fused-ring (bicyclic) bond motifs is 1. The molecular formula is C22H15F4N5O. The van der Waals surface area contributed by atoms with Gasteiger partial charge in [-0.3, -0.25) is 14.8 Å². The number of nitrogens with zero attached hydrogens (tertiary/aromatic N) is 3. The van der Waals surface area contributed by atoms with Crippen molar-refractivity contribution in [2.75, 3.05) is 11.1 Å². The standard InChI is InChI=1S/C22H15F4N5O/c1-11-2-3-15(31-21(32)12-4-5-28-17(7-12)22(24,25)26)8-16(11)13-6-14-10-30-20(27)18(23)19(14)29-9-13/h2-10H,1H3,(H2,27,30)(H,31,32). The molecule has 0 radical (unpaired) electrons. The van der Waals surface area contributed by atoms with E-state index in [2.05, 4.69) is 20.3 Å². The van der Waals surface area contributed by atoms with Crippen LogP contribution in [0.25, 0.3) is 22.0 Å². The molecule has 0 unspecified atom stereocenters. The SMILES string of the molecule is Cc1ccc(NC(=O)c2ccnc(C(F)(F)F)c2)cc1-c1cnc2c(F)c(N)ncc2c1. The topological polar surface area (TPSA) is 93.8 Å². The van der Waals surface area contributed by atoms with E-state index in [0.29, 0.717) is 28.3 Å². The predicted octanol–water partition coefficient (Wildman–Crippen LogP) is 4.99. The van der Waals surface area contributed by atoms with Crippen LogP contribution < -0.4 is 11.1 Å². The summed E-state index contributed by atoms with van der Waals surface area (Å²) < 4.78 is 52.7. The van der Waals surface area contributed by atoms with Gasteiger partial charge < -0.3 is 11.1 Å². The maximum atomic E-state index is 14.1.